The van der Waals surface area contributed by atoms with Crippen molar-refractivity contribution in [3.8, 4) is 0 Å². The largest absolute Gasteiger partial charge is 0.176 e. The van der Waals surface area contributed by atoms with Crippen LogP contribution in [0.15, 0.2) is 12.2 Å². The molecule has 0 aliphatic carbocycles. The predicted octanol–water partition coefficient (Wildman–Crippen LogP) is 3.15. The zero-order valence-electron chi connectivity index (χ0n) is 7.39. The summed E-state index contributed by atoms with van der Waals surface area (Å²) in [5.41, 5.74) is 1.25. The minimum atomic E-state index is 0.428. The van der Waals surface area contributed by atoms with Gasteiger partial charge in [0.1, 0.15) is 0 Å². The molecule has 0 fully saturated rings. The van der Waals surface area contributed by atoms with Gasteiger partial charge in [-0.2, -0.15) is 12.6 Å². The van der Waals surface area contributed by atoms with E-state index in [9.17, 15) is 0 Å². The minimum absolute atomic E-state index is 0.428. The molecule has 0 rings (SSSR count). The van der Waals surface area contributed by atoms with Crippen molar-refractivity contribution < 1.29 is 0 Å². The average molecular weight is 158 g/mol. The van der Waals surface area contributed by atoms with E-state index in [0.717, 1.165) is 0 Å². The van der Waals surface area contributed by atoms with Crippen LogP contribution in [0.4, 0.5) is 0 Å². The Hall–Kier alpha value is 0.0900. The maximum absolute atomic E-state index is 4.41. The lowest BCUT2D eigenvalue weighted by Crippen LogP contribution is -2.18. The molecule has 10 heavy (non-hydrogen) atoms. The highest BCUT2D eigenvalue weighted by molar-refractivity contribution is 7.80. The van der Waals surface area contributed by atoms with E-state index in [1.165, 1.54) is 5.57 Å². The van der Waals surface area contributed by atoms with E-state index < -0.39 is 0 Å². The van der Waals surface area contributed by atoms with Gasteiger partial charge in [0.25, 0.3) is 0 Å². The van der Waals surface area contributed by atoms with Gasteiger partial charge in [-0.25, -0.2) is 0 Å². The summed E-state index contributed by atoms with van der Waals surface area (Å²) >= 11 is 4.41. The average Bonchev–Trinajstić information content (AvgIpc) is 1.59. The van der Waals surface area contributed by atoms with Crippen molar-refractivity contribution in [1.82, 2.24) is 0 Å². The Balaban J connectivity index is 4.12. The monoisotopic (exact) mass is 158 g/mol. The first-order valence-electron chi connectivity index (χ1n) is 3.80. The van der Waals surface area contributed by atoms with Crippen LogP contribution < -0.4 is 0 Å². The molecule has 0 heterocycles. The number of hydrogen-bond acceptors (Lipinski definition) is 1. The number of allylic oxidation sites excluding steroid dienone is 1. The Morgan fingerprint density at radius 3 is 1.70 bits per heavy atom. The van der Waals surface area contributed by atoms with Crippen molar-refractivity contribution in [1.29, 1.82) is 0 Å². The van der Waals surface area contributed by atoms with E-state index in [4.69, 9.17) is 0 Å². The van der Waals surface area contributed by atoms with Crippen molar-refractivity contribution in [3.63, 3.8) is 0 Å². The molecule has 0 aliphatic rings. The standard InChI is InChI=1S/C9H18S/c1-6(2)9(7(3)4)8(5)10/h7-10H,1H2,2-5H3. The minimum Gasteiger partial charge on any atom is -0.176 e. The van der Waals surface area contributed by atoms with Crippen LogP contribution in [0.25, 0.3) is 0 Å². The summed E-state index contributed by atoms with van der Waals surface area (Å²) in [4.78, 5) is 0. The van der Waals surface area contributed by atoms with E-state index in [2.05, 4.69) is 46.9 Å². The van der Waals surface area contributed by atoms with Crippen molar-refractivity contribution in [2.45, 2.75) is 32.9 Å². The van der Waals surface area contributed by atoms with Gasteiger partial charge in [0, 0.05) is 5.25 Å². The van der Waals surface area contributed by atoms with Crippen LogP contribution in [0.2, 0.25) is 0 Å². The molecule has 0 spiro atoms. The third-order valence-electron chi connectivity index (χ3n) is 1.81. The first-order chi connectivity index (χ1) is 4.46. The Morgan fingerprint density at radius 1 is 1.30 bits per heavy atom. The van der Waals surface area contributed by atoms with Crippen molar-refractivity contribution in [2.24, 2.45) is 11.8 Å². The van der Waals surface area contributed by atoms with Crippen LogP contribution in [-0.4, -0.2) is 5.25 Å². The highest BCUT2D eigenvalue weighted by Crippen LogP contribution is 2.25. The molecular weight excluding hydrogens is 140 g/mol. The van der Waals surface area contributed by atoms with Gasteiger partial charge >= 0.3 is 0 Å². The van der Waals surface area contributed by atoms with Crippen LogP contribution in [-0.2, 0) is 0 Å². The fourth-order valence-electron chi connectivity index (χ4n) is 1.54. The maximum Gasteiger partial charge on any atom is 0.00562 e. The van der Waals surface area contributed by atoms with E-state index in [0.29, 0.717) is 17.1 Å². The Morgan fingerprint density at radius 2 is 1.70 bits per heavy atom. The second-order valence-electron chi connectivity index (χ2n) is 3.36. The Bertz CT molecular complexity index is 106. The summed E-state index contributed by atoms with van der Waals surface area (Å²) in [5, 5.41) is 0.428. The van der Waals surface area contributed by atoms with Gasteiger partial charge in [-0.3, -0.25) is 0 Å². The molecule has 0 aromatic heterocycles. The molecule has 60 valence electrons. The van der Waals surface area contributed by atoms with Gasteiger partial charge in [0.05, 0.1) is 0 Å². The van der Waals surface area contributed by atoms with Crippen LogP contribution in [0.1, 0.15) is 27.7 Å². The molecule has 0 aromatic carbocycles. The molecule has 0 amide bonds. The molecule has 1 heteroatoms. The lowest BCUT2D eigenvalue weighted by atomic mass is 9.87. The summed E-state index contributed by atoms with van der Waals surface area (Å²) in [5.74, 6) is 1.22. The molecule has 0 aromatic rings. The highest BCUT2D eigenvalue weighted by atomic mass is 32.1. The molecule has 0 saturated carbocycles. The summed E-state index contributed by atoms with van der Waals surface area (Å²) in [6.07, 6.45) is 0. The van der Waals surface area contributed by atoms with Gasteiger partial charge in [-0.05, 0) is 18.8 Å². The van der Waals surface area contributed by atoms with Crippen LogP contribution >= 0.6 is 12.6 Å². The summed E-state index contributed by atoms with van der Waals surface area (Å²) < 4.78 is 0. The molecule has 0 saturated heterocycles. The zero-order chi connectivity index (χ0) is 8.31. The molecule has 0 nitrogen and oxygen atoms in total. The Labute approximate surface area is 70.1 Å². The van der Waals surface area contributed by atoms with E-state index in [1.54, 1.807) is 0 Å². The van der Waals surface area contributed by atoms with Crippen LogP contribution in [0.5, 0.6) is 0 Å². The predicted molar refractivity (Wildman–Crippen MR) is 51.6 cm³/mol. The molecule has 0 radical (unpaired) electrons. The molecule has 0 bridgehead atoms. The topological polar surface area (TPSA) is 0 Å². The van der Waals surface area contributed by atoms with Gasteiger partial charge in [0.2, 0.25) is 0 Å². The van der Waals surface area contributed by atoms with Crippen molar-refractivity contribution in [2.75, 3.05) is 0 Å². The van der Waals surface area contributed by atoms with Gasteiger partial charge in [-0.1, -0.05) is 32.9 Å². The van der Waals surface area contributed by atoms with E-state index >= 15 is 0 Å². The maximum atomic E-state index is 4.41. The fourth-order valence-corrected chi connectivity index (χ4v) is 2.14. The lowest BCUT2D eigenvalue weighted by Gasteiger charge is -2.24. The first-order valence-corrected chi connectivity index (χ1v) is 4.32. The number of rotatable bonds is 3. The SMILES string of the molecule is C=C(C)C(C(C)C)C(C)S. The Kier molecular flexibility index (Phi) is 4.11. The van der Waals surface area contributed by atoms with Gasteiger partial charge < -0.3 is 0 Å². The quantitative estimate of drug-likeness (QED) is 0.473. The van der Waals surface area contributed by atoms with Gasteiger partial charge in [-0.15, -0.1) is 0 Å². The van der Waals surface area contributed by atoms with Crippen molar-refractivity contribution in [3.05, 3.63) is 12.2 Å². The first kappa shape index (κ1) is 10.1. The van der Waals surface area contributed by atoms with Crippen molar-refractivity contribution >= 4 is 12.6 Å². The molecule has 2 unspecified atom stereocenters. The number of hydrogen-bond donors (Lipinski definition) is 1. The fraction of sp³-hybridized carbons (Fsp3) is 0.778. The van der Waals surface area contributed by atoms with Crippen LogP contribution in [0, 0.1) is 11.8 Å². The highest BCUT2D eigenvalue weighted by Gasteiger charge is 2.17. The summed E-state index contributed by atoms with van der Waals surface area (Å²) in [6, 6.07) is 0. The molecule has 0 N–H and O–H groups in total. The van der Waals surface area contributed by atoms with Crippen LogP contribution in [0.3, 0.4) is 0 Å². The third kappa shape index (κ3) is 2.78. The zero-order valence-corrected chi connectivity index (χ0v) is 8.28. The summed E-state index contributed by atoms with van der Waals surface area (Å²) in [7, 11) is 0. The third-order valence-corrected chi connectivity index (χ3v) is 2.13. The molecule has 2 atom stereocenters. The second-order valence-corrected chi connectivity index (χ2v) is 4.17. The number of thiol groups is 1. The van der Waals surface area contributed by atoms with Gasteiger partial charge in [0.15, 0.2) is 0 Å². The summed E-state index contributed by atoms with van der Waals surface area (Å²) in [6.45, 7) is 12.6. The smallest absolute Gasteiger partial charge is 0.00562 e. The lowest BCUT2D eigenvalue weighted by molar-refractivity contribution is 0.442. The van der Waals surface area contributed by atoms with E-state index in [-0.39, 0.29) is 0 Å². The molecule has 0 aliphatic heterocycles. The second kappa shape index (κ2) is 4.07. The van der Waals surface area contributed by atoms with E-state index in [1.807, 2.05) is 0 Å². The normalized spacial score (nSPS) is 17.0. The molecular formula is C9H18S.